The van der Waals surface area contributed by atoms with Crippen molar-refractivity contribution in [3.05, 3.63) is 23.6 Å². The lowest BCUT2D eigenvalue weighted by Crippen LogP contribution is -2.17. The number of thiazole rings is 1. The van der Waals surface area contributed by atoms with Crippen molar-refractivity contribution in [3.8, 4) is 0 Å². The van der Waals surface area contributed by atoms with E-state index in [0.29, 0.717) is 18.1 Å². The SMILES string of the molecule is Cn1cnc2nc(NCc3csc(N4CCCC4)n3)ncc21. The second-order valence-electron chi connectivity index (χ2n) is 5.43. The smallest absolute Gasteiger partial charge is 0.225 e. The van der Waals surface area contributed by atoms with Crippen LogP contribution in [0.25, 0.3) is 11.2 Å². The fraction of sp³-hybridized carbons (Fsp3) is 0.429. The minimum atomic E-state index is 0.585. The van der Waals surface area contributed by atoms with Gasteiger partial charge >= 0.3 is 0 Å². The zero-order valence-corrected chi connectivity index (χ0v) is 13.2. The second kappa shape index (κ2) is 5.53. The van der Waals surface area contributed by atoms with Crippen LogP contribution in [0.3, 0.4) is 0 Å². The van der Waals surface area contributed by atoms with E-state index in [1.807, 2.05) is 11.6 Å². The number of imidazole rings is 1. The third kappa shape index (κ3) is 2.50. The van der Waals surface area contributed by atoms with E-state index < -0.39 is 0 Å². The van der Waals surface area contributed by atoms with Gasteiger partial charge in [0.1, 0.15) is 5.52 Å². The molecular formula is C14H17N7S. The Kier molecular flexibility index (Phi) is 3.38. The highest BCUT2D eigenvalue weighted by atomic mass is 32.1. The number of nitrogens with zero attached hydrogens (tertiary/aromatic N) is 6. The molecule has 4 heterocycles. The van der Waals surface area contributed by atoms with Crippen LogP contribution in [0.4, 0.5) is 11.1 Å². The van der Waals surface area contributed by atoms with Crippen LogP contribution in [-0.4, -0.2) is 37.6 Å². The Morgan fingerprint density at radius 3 is 2.95 bits per heavy atom. The Morgan fingerprint density at radius 2 is 2.09 bits per heavy atom. The summed E-state index contributed by atoms with van der Waals surface area (Å²) >= 11 is 1.71. The van der Waals surface area contributed by atoms with E-state index in [1.165, 1.54) is 12.8 Å². The molecule has 22 heavy (non-hydrogen) atoms. The number of aromatic nitrogens is 5. The quantitative estimate of drug-likeness (QED) is 0.794. The minimum absolute atomic E-state index is 0.585. The molecule has 0 saturated carbocycles. The number of fused-ring (bicyclic) bond motifs is 1. The fourth-order valence-corrected chi connectivity index (χ4v) is 3.48. The molecule has 0 amide bonds. The van der Waals surface area contributed by atoms with Crippen molar-refractivity contribution >= 4 is 33.6 Å². The molecule has 3 aromatic heterocycles. The van der Waals surface area contributed by atoms with Crippen molar-refractivity contribution in [2.24, 2.45) is 7.05 Å². The Balaban J connectivity index is 1.44. The monoisotopic (exact) mass is 315 g/mol. The van der Waals surface area contributed by atoms with Crippen LogP contribution in [0.2, 0.25) is 0 Å². The predicted octanol–water partition coefficient (Wildman–Crippen LogP) is 2.03. The van der Waals surface area contributed by atoms with Gasteiger partial charge in [-0.2, -0.15) is 4.98 Å². The van der Waals surface area contributed by atoms with Crippen LogP contribution in [0.1, 0.15) is 18.5 Å². The van der Waals surface area contributed by atoms with E-state index in [2.05, 4.69) is 35.5 Å². The summed E-state index contributed by atoms with van der Waals surface area (Å²) in [5.41, 5.74) is 2.66. The van der Waals surface area contributed by atoms with E-state index in [0.717, 1.165) is 29.4 Å². The molecule has 0 radical (unpaired) electrons. The first-order valence-corrected chi connectivity index (χ1v) is 8.25. The number of hydrogen-bond donors (Lipinski definition) is 1. The molecule has 4 rings (SSSR count). The van der Waals surface area contributed by atoms with Crippen LogP contribution in [0.5, 0.6) is 0 Å². The number of hydrogen-bond acceptors (Lipinski definition) is 7. The number of rotatable bonds is 4. The zero-order valence-electron chi connectivity index (χ0n) is 12.4. The zero-order chi connectivity index (χ0) is 14.9. The predicted molar refractivity (Wildman–Crippen MR) is 87.2 cm³/mol. The Morgan fingerprint density at radius 1 is 1.23 bits per heavy atom. The van der Waals surface area contributed by atoms with E-state index in [4.69, 9.17) is 0 Å². The summed E-state index contributed by atoms with van der Waals surface area (Å²) in [6.45, 7) is 2.88. The molecule has 1 aliphatic rings. The number of nitrogens with one attached hydrogen (secondary N) is 1. The topological polar surface area (TPSA) is 71.8 Å². The molecule has 8 heteroatoms. The van der Waals surface area contributed by atoms with Gasteiger partial charge in [-0.3, -0.25) is 0 Å². The molecule has 0 aromatic carbocycles. The summed E-state index contributed by atoms with van der Waals surface area (Å²) in [7, 11) is 1.93. The molecule has 0 bridgehead atoms. The Hall–Kier alpha value is -2.22. The highest BCUT2D eigenvalue weighted by Gasteiger charge is 2.15. The maximum absolute atomic E-state index is 4.68. The van der Waals surface area contributed by atoms with Crippen molar-refractivity contribution in [1.29, 1.82) is 0 Å². The summed E-state index contributed by atoms with van der Waals surface area (Å²) in [5, 5.41) is 6.44. The normalized spacial score (nSPS) is 14.9. The van der Waals surface area contributed by atoms with Crippen molar-refractivity contribution in [2.75, 3.05) is 23.3 Å². The maximum Gasteiger partial charge on any atom is 0.225 e. The van der Waals surface area contributed by atoms with Crippen LogP contribution >= 0.6 is 11.3 Å². The molecule has 1 saturated heterocycles. The van der Waals surface area contributed by atoms with Gasteiger partial charge in [0.05, 0.1) is 24.8 Å². The lowest BCUT2D eigenvalue weighted by Gasteiger charge is -2.12. The van der Waals surface area contributed by atoms with Gasteiger partial charge in [0, 0.05) is 25.5 Å². The van der Waals surface area contributed by atoms with Gasteiger partial charge in [0.15, 0.2) is 10.8 Å². The summed E-state index contributed by atoms with van der Waals surface area (Å²) in [6, 6.07) is 0. The van der Waals surface area contributed by atoms with Crippen LogP contribution in [0.15, 0.2) is 17.9 Å². The lowest BCUT2D eigenvalue weighted by atomic mass is 10.4. The Bertz CT molecular complexity index is 787. The summed E-state index contributed by atoms with van der Waals surface area (Å²) in [5.74, 6) is 0.585. The number of anilines is 2. The van der Waals surface area contributed by atoms with Gasteiger partial charge in [-0.05, 0) is 12.8 Å². The first-order chi connectivity index (χ1) is 10.8. The average Bonchev–Trinajstić information content (AvgIpc) is 3.26. The third-order valence-corrected chi connectivity index (χ3v) is 4.78. The summed E-state index contributed by atoms with van der Waals surface area (Å²) in [6.07, 6.45) is 6.07. The van der Waals surface area contributed by atoms with Crippen LogP contribution in [0, 0.1) is 0 Å². The van der Waals surface area contributed by atoms with Crippen molar-refractivity contribution in [2.45, 2.75) is 19.4 Å². The van der Waals surface area contributed by atoms with Gasteiger partial charge in [-0.1, -0.05) is 0 Å². The summed E-state index contributed by atoms with van der Waals surface area (Å²) in [4.78, 5) is 20.0. The van der Waals surface area contributed by atoms with Crippen LogP contribution < -0.4 is 10.2 Å². The van der Waals surface area contributed by atoms with Crippen LogP contribution in [-0.2, 0) is 13.6 Å². The van der Waals surface area contributed by atoms with E-state index in [1.54, 1.807) is 23.9 Å². The molecule has 1 aliphatic heterocycles. The first-order valence-electron chi connectivity index (χ1n) is 7.37. The van der Waals surface area contributed by atoms with E-state index >= 15 is 0 Å². The fourth-order valence-electron chi connectivity index (χ4n) is 2.60. The minimum Gasteiger partial charge on any atom is -0.348 e. The van der Waals surface area contributed by atoms with Gasteiger partial charge < -0.3 is 14.8 Å². The van der Waals surface area contributed by atoms with Crippen molar-refractivity contribution in [3.63, 3.8) is 0 Å². The largest absolute Gasteiger partial charge is 0.348 e. The molecule has 0 spiro atoms. The Labute approximate surface area is 132 Å². The van der Waals surface area contributed by atoms with Gasteiger partial charge in [-0.25, -0.2) is 15.0 Å². The van der Waals surface area contributed by atoms with Crippen molar-refractivity contribution in [1.82, 2.24) is 24.5 Å². The van der Waals surface area contributed by atoms with Gasteiger partial charge in [0.2, 0.25) is 5.95 Å². The molecule has 1 fully saturated rings. The van der Waals surface area contributed by atoms with Gasteiger partial charge in [0.25, 0.3) is 0 Å². The molecule has 0 atom stereocenters. The molecule has 7 nitrogen and oxygen atoms in total. The van der Waals surface area contributed by atoms with E-state index in [9.17, 15) is 0 Å². The summed E-state index contributed by atoms with van der Waals surface area (Å²) < 4.78 is 1.90. The lowest BCUT2D eigenvalue weighted by molar-refractivity contribution is 0.937. The second-order valence-corrected chi connectivity index (χ2v) is 6.26. The van der Waals surface area contributed by atoms with Crippen molar-refractivity contribution < 1.29 is 0 Å². The van der Waals surface area contributed by atoms with E-state index in [-0.39, 0.29) is 0 Å². The third-order valence-electron chi connectivity index (χ3n) is 3.83. The van der Waals surface area contributed by atoms with Gasteiger partial charge in [-0.15, -0.1) is 11.3 Å². The molecule has 0 aliphatic carbocycles. The molecule has 0 unspecified atom stereocenters. The number of aryl methyl sites for hydroxylation is 1. The molecule has 114 valence electrons. The maximum atomic E-state index is 4.68. The molecular weight excluding hydrogens is 298 g/mol. The molecule has 3 aromatic rings. The standard InChI is InChI=1S/C14H17N7S/c1-20-9-17-12-11(20)7-16-13(19-12)15-6-10-8-22-14(18-10)21-4-2-3-5-21/h7-9H,2-6H2,1H3,(H,15,16,19). The highest BCUT2D eigenvalue weighted by Crippen LogP contribution is 2.24. The highest BCUT2D eigenvalue weighted by molar-refractivity contribution is 7.13. The molecule has 1 N–H and O–H groups in total. The first kappa shape index (κ1) is 13.4. The average molecular weight is 315 g/mol.